The van der Waals surface area contributed by atoms with Crippen LogP contribution >= 0.6 is 0 Å². The van der Waals surface area contributed by atoms with Crippen LogP contribution in [0.1, 0.15) is 13.8 Å². The molecule has 16 heteroatoms. The number of likely N-dealkylation sites (N-methyl/N-ethyl adjacent to an activating group) is 1. The fourth-order valence-corrected chi connectivity index (χ4v) is 5.51. The predicted octanol–water partition coefficient (Wildman–Crippen LogP) is 0.484. The molecule has 0 bridgehead atoms. The van der Waals surface area contributed by atoms with Gasteiger partial charge in [0.2, 0.25) is 11.9 Å². The van der Waals surface area contributed by atoms with Gasteiger partial charge in [-0.05, 0) is 13.8 Å². The van der Waals surface area contributed by atoms with Crippen LogP contribution in [0, 0.1) is 11.8 Å². The van der Waals surface area contributed by atoms with Crippen molar-refractivity contribution in [2.45, 2.75) is 38.0 Å². The van der Waals surface area contributed by atoms with E-state index in [9.17, 15) is 28.0 Å². The standard InChI is InChI=1S/C25H26F2N10O4/c1-12(38)8-36-22(40)19-20(34(3)24(36)41)31-11-37(19)13(2)21(39)33-18-7-28-6-17(32-18)14-4-29-23(30-5-14)35-9-15-16(10-35)25(15,26)27/h4-7,11,13,15-16,19-20H,8-10H2,1-3H3,(H,32,33,39)/t13-,15?,16?,19?,20?/m0/s1. The average molecular weight is 569 g/mol. The molecule has 0 radical (unpaired) electrons. The number of nitrogens with one attached hydrogen (secondary N) is 1. The van der Waals surface area contributed by atoms with Gasteiger partial charge in [0.05, 0.1) is 42.8 Å². The van der Waals surface area contributed by atoms with Crippen LogP contribution in [0.25, 0.3) is 11.3 Å². The van der Waals surface area contributed by atoms with Crippen LogP contribution in [-0.4, -0.2) is 115 Å². The Morgan fingerprint density at radius 3 is 2.46 bits per heavy atom. The van der Waals surface area contributed by atoms with Gasteiger partial charge < -0.3 is 20.0 Å². The highest BCUT2D eigenvalue weighted by Gasteiger charge is 2.72. The summed E-state index contributed by atoms with van der Waals surface area (Å²) in [6.07, 6.45) is 6.38. The minimum Gasteiger partial charge on any atom is -0.340 e. The first kappa shape index (κ1) is 26.6. The number of hydrogen-bond acceptors (Lipinski definition) is 11. The minimum absolute atomic E-state index is 0.137. The van der Waals surface area contributed by atoms with Crippen LogP contribution < -0.4 is 10.2 Å². The minimum atomic E-state index is -2.59. The molecule has 5 heterocycles. The second-order valence-corrected chi connectivity index (χ2v) is 10.6. The van der Waals surface area contributed by atoms with Crippen molar-refractivity contribution in [1.29, 1.82) is 0 Å². The van der Waals surface area contributed by atoms with E-state index in [1.54, 1.807) is 11.8 Å². The molecule has 1 aliphatic carbocycles. The van der Waals surface area contributed by atoms with E-state index >= 15 is 0 Å². The zero-order chi connectivity index (χ0) is 29.2. The maximum Gasteiger partial charge on any atom is 0.328 e. The molecule has 4 amide bonds. The highest BCUT2D eigenvalue weighted by atomic mass is 19.3. The first-order chi connectivity index (χ1) is 19.5. The largest absolute Gasteiger partial charge is 0.340 e. The zero-order valence-corrected chi connectivity index (χ0v) is 22.3. The van der Waals surface area contributed by atoms with Gasteiger partial charge in [0.15, 0.2) is 18.0 Å². The fourth-order valence-electron chi connectivity index (χ4n) is 5.51. The van der Waals surface area contributed by atoms with Gasteiger partial charge in [-0.2, -0.15) is 0 Å². The molecule has 1 N–H and O–H groups in total. The van der Waals surface area contributed by atoms with Crippen molar-refractivity contribution >= 4 is 41.7 Å². The second kappa shape index (κ2) is 9.49. The van der Waals surface area contributed by atoms with Crippen LogP contribution in [0.15, 0.2) is 29.8 Å². The summed E-state index contributed by atoms with van der Waals surface area (Å²) in [4.78, 5) is 77.3. The number of nitrogens with zero attached hydrogens (tertiary/aromatic N) is 9. The number of aliphatic imine (C=N–C) groups is 1. The molecule has 214 valence electrons. The maximum absolute atomic E-state index is 13.5. The molecule has 2 aromatic heterocycles. The Morgan fingerprint density at radius 1 is 1.12 bits per heavy atom. The summed E-state index contributed by atoms with van der Waals surface area (Å²) in [5, 5.41) is 2.68. The third-order valence-electron chi connectivity index (χ3n) is 7.91. The number of carbonyl (C=O) groups excluding carboxylic acids is 4. The molecule has 4 unspecified atom stereocenters. The Labute approximate surface area is 232 Å². The van der Waals surface area contributed by atoms with Gasteiger partial charge in [-0.15, -0.1) is 0 Å². The Kier molecular flexibility index (Phi) is 6.15. The molecule has 0 spiro atoms. The first-order valence-corrected chi connectivity index (χ1v) is 12.9. The van der Waals surface area contributed by atoms with Crippen LogP contribution in [0.2, 0.25) is 0 Å². The van der Waals surface area contributed by atoms with Crippen molar-refractivity contribution in [3.63, 3.8) is 0 Å². The molecule has 0 aromatic carbocycles. The number of hydrogen-bond donors (Lipinski definition) is 1. The second-order valence-electron chi connectivity index (χ2n) is 10.6. The van der Waals surface area contributed by atoms with Crippen molar-refractivity contribution in [3.05, 3.63) is 24.8 Å². The maximum atomic E-state index is 13.5. The third kappa shape index (κ3) is 4.42. The number of aromatic nitrogens is 4. The SMILES string of the molecule is CC(=O)CN1C(=O)C2C(N=CN2[C@@H](C)C(=O)Nc2cncc(-c3cnc(N4CC5C(C4)C5(F)F)nc3)n2)N(C)C1=O. The molecule has 1 saturated carbocycles. The lowest BCUT2D eigenvalue weighted by Crippen LogP contribution is -2.66. The Balaban J connectivity index is 1.12. The Bertz CT molecular complexity index is 1460. The van der Waals surface area contributed by atoms with E-state index in [2.05, 4.69) is 30.2 Å². The van der Waals surface area contributed by atoms with Crippen molar-refractivity contribution < 1.29 is 28.0 Å². The van der Waals surface area contributed by atoms with E-state index in [-0.39, 0.29) is 31.2 Å². The number of halogens is 2. The highest BCUT2D eigenvalue weighted by Crippen LogP contribution is 2.59. The average Bonchev–Trinajstić information content (AvgIpc) is 3.38. The highest BCUT2D eigenvalue weighted by molar-refractivity contribution is 6.05. The number of imide groups is 1. The van der Waals surface area contributed by atoms with Crippen LogP contribution in [0.5, 0.6) is 0 Å². The van der Waals surface area contributed by atoms with Crippen molar-refractivity contribution in [2.24, 2.45) is 16.8 Å². The molecular formula is C25H26F2N10O4. The molecule has 2 saturated heterocycles. The summed E-state index contributed by atoms with van der Waals surface area (Å²) in [5.41, 5.74) is 0.892. The summed E-state index contributed by atoms with van der Waals surface area (Å²) in [6.45, 7) is 2.91. The summed E-state index contributed by atoms with van der Waals surface area (Å²) >= 11 is 0. The molecule has 41 heavy (non-hydrogen) atoms. The molecule has 5 atom stereocenters. The molecule has 3 aliphatic heterocycles. The van der Waals surface area contributed by atoms with Crippen molar-refractivity contribution in [2.75, 3.05) is 36.9 Å². The summed E-state index contributed by atoms with van der Waals surface area (Å²) in [6, 6.07) is -2.51. The molecule has 4 aliphatic rings. The predicted molar refractivity (Wildman–Crippen MR) is 139 cm³/mol. The Hall–Kier alpha value is -4.63. The number of Topliss-reactive ketones (excluding diaryl/α,β-unsaturated/α-hetero) is 1. The number of amides is 4. The lowest BCUT2D eigenvalue weighted by Gasteiger charge is -2.41. The molecular weight excluding hydrogens is 542 g/mol. The molecule has 6 rings (SSSR count). The van der Waals surface area contributed by atoms with Crippen LogP contribution in [0.3, 0.4) is 0 Å². The number of carbonyl (C=O) groups is 4. The van der Waals surface area contributed by atoms with E-state index < -0.39 is 53.9 Å². The number of anilines is 2. The van der Waals surface area contributed by atoms with Gasteiger partial charge in [0.25, 0.3) is 11.8 Å². The van der Waals surface area contributed by atoms with E-state index in [1.807, 2.05) is 0 Å². The van der Waals surface area contributed by atoms with Gasteiger partial charge in [-0.3, -0.25) is 24.3 Å². The van der Waals surface area contributed by atoms with Crippen LogP contribution in [-0.2, 0) is 14.4 Å². The number of rotatable bonds is 7. The smallest absolute Gasteiger partial charge is 0.328 e. The Morgan fingerprint density at radius 2 is 1.80 bits per heavy atom. The van der Waals surface area contributed by atoms with E-state index in [0.29, 0.717) is 17.2 Å². The first-order valence-electron chi connectivity index (χ1n) is 12.9. The van der Waals surface area contributed by atoms with Gasteiger partial charge in [-0.25, -0.2) is 33.5 Å². The van der Waals surface area contributed by atoms with Gasteiger partial charge >= 0.3 is 6.03 Å². The zero-order valence-electron chi connectivity index (χ0n) is 22.3. The summed E-state index contributed by atoms with van der Waals surface area (Å²) in [5.74, 6) is -4.86. The topological polar surface area (TPSA) is 157 Å². The van der Waals surface area contributed by atoms with Gasteiger partial charge in [-0.1, -0.05) is 0 Å². The lowest BCUT2D eigenvalue weighted by molar-refractivity contribution is -0.141. The summed E-state index contributed by atoms with van der Waals surface area (Å²) in [7, 11) is 1.48. The number of urea groups is 1. The third-order valence-corrected chi connectivity index (χ3v) is 7.91. The van der Waals surface area contributed by atoms with E-state index in [1.165, 1.54) is 54.9 Å². The van der Waals surface area contributed by atoms with Crippen molar-refractivity contribution in [1.82, 2.24) is 34.6 Å². The number of fused-ring (bicyclic) bond motifs is 2. The van der Waals surface area contributed by atoms with Gasteiger partial charge in [0.1, 0.15) is 11.8 Å². The molecule has 2 aromatic rings. The van der Waals surface area contributed by atoms with E-state index in [0.717, 1.165) is 4.90 Å². The molecule has 14 nitrogen and oxygen atoms in total. The quantitative estimate of drug-likeness (QED) is 0.498. The number of alkyl halides is 2. The normalized spacial score (nSPS) is 26.7. The summed E-state index contributed by atoms with van der Waals surface area (Å²) < 4.78 is 27.0. The number of ketones is 1. The van der Waals surface area contributed by atoms with Crippen molar-refractivity contribution in [3.8, 4) is 11.3 Å². The van der Waals surface area contributed by atoms with E-state index in [4.69, 9.17) is 0 Å². The van der Waals surface area contributed by atoms with Gasteiger partial charge in [0, 0.05) is 38.1 Å². The lowest BCUT2D eigenvalue weighted by atomic mass is 10.1. The molecule has 3 fully saturated rings. The fraction of sp³-hybridized carbons (Fsp3) is 0.480. The monoisotopic (exact) mass is 568 g/mol. The number of piperidine rings is 1. The van der Waals surface area contributed by atoms with Crippen LogP contribution in [0.4, 0.5) is 25.3 Å².